The van der Waals surface area contributed by atoms with Crippen molar-refractivity contribution in [2.45, 2.75) is 59.0 Å². The fraction of sp³-hybridized carbons (Fsp3) is 0.351. The molecule has 240 valence electrons. The van der Waals surface area contributed by atoms with Crippen molar-refractivity contribution >= 4 is 44.9 Å². The number of ether oxygens (including phenoxy) is 1. The highest BCUT2D eigenvalue weighted by Gasteiger charge is 2.24. The van der Waals surface area contributed by atoms with E-state index in [-0.39, 0.29) is 11.8 Å². The van der Waals surface area contributed by atoms with Gasteiger partial charge in [-0.2, -0.15) is 5.10 Å². The fourth-order valence-electron chi connectivity index (χ4n) is 6.69. The van der Waals surface area contributed by atoms with Crippen molar-refractivity contribution in [2.75, 3.05) is 36.0 Å². The highest BCUT2D eigenvalue weighted by atomic mass is 19.1. The summed E-state index contributed by atoms with van der Waals surface area (Å²) >= 11 is 0. The van der Waals surface area contributed by atoms with Gasteiger partial charge in [0.1, 0.15) is 23.2 Å². The van der Waals surface area contributed by atoms with E-state index in [4.69, 9.17) is 10.5 Å². The van der Waals surface area contributed by atoms with Crippen LogP contribution in [0, 0.1) is 18.7 Å². The van der Waals surface area contributed by atoms with Crippen LogP contribution in [0.15, 0.2) is 66.7 Å². The molecular formula is C37H43FN6O2. The first-order valence-electron chi connectivity index (χ1n) is 16.3. The maximum atomic E-state index is 14.3. The van der Waals surface area contributed by atoms with Gasteiger partial charge in [0.2, 0.25) is 0 Å². The third-order valence-corrected chi connectivity index (χ3v) is 9.13. The van der Waals surface area contributed by atoms with Crippen LogP contribution < -0.4 is 21.1 Å². The van der Waals surface area contributed by atoms with Crippen LogP contribution in [-0.4, -0.2) is 46.9 Å². The molecule has 1 aliphatic rings. The van der Waals surface area contributed by atoms with E-state index in [2.05, 4.69) is 39.6 Å². The first-order valence-corrected chi connectivity index (χ1v) is 16.3. The number of fused-ring (bicyclic) bond motifs is 2. The molecule has 5 N–H and O–H groups in total. The standard InChI is InChI=1S/C37H43FN6O2/c1-4-9-24(3)32(18-21-44-19-7-8-20-44)46-33-17-14-28(34-35(33)42-43-36(34)39)26-13-16-30(27-11-6-5-10-25(26)27)40-37(45)41-31-22-23(2)12-15-29(31)38/h5-6,10-17,22,24,32H,4,7-9,18-21H2,1-3H3,(H3,39,42,43)(H2,40,41,45). The SMILES string of the molecule is CCCC(C)C(CCN1CCCC1)Oc1ccc(-c2ccc(NC(=O)Nc3cc(C)ccc3F)c3ccccc23)c2c(N)n[nH]c12. The van der Waals surface area contributed by atoms with E-state index in [0.29, 0.717) is 17.4 Å². The van der Waals surface area contributed by atoms with Gasteiger partial charge >= 0.3 is 6.03 Å². The number of carbonyl (C=O) groups excluding carboxylic acids is 1. The molecule has 2 atom stereocenters. The Labute approximate surface area is 269 Å². The van der Waals surface area contributed by atoms with E-state index in [1.54, 1.807) is 12.1 Å². The Morgan fingerprint density at radius 3 is 2.52 bits per heavy atom. The van der Waals surface area contributed by atoms with Crippen LogP contribution in [-0.2, 0) is 0 Å². The van der Waals surface area contributed by atoms with Gasteiger partial charge in [0, 0.05) is 11.9 Å². The number of nitrogens with two attached hydrogens (primary N) is 1. The second-order valence-electron chi connectivity index (χ2n) is 12.5. The predicted octanol–water partition coefficient (Wildman–Crippen LogP) is 8.73. The van der Waals surface area contributed by atoms with Crippen molar-refractivity contribution in [2.24, 2.45) is 5.92 Å². The number of nitrogens with one attached hydrogen (secondary N) is 3. The summed E-state index contributed by atoms with van der Waals surface area (Å²) in [5, 5.41) is 15.7. The zero-order chi connectivity index (χ0) is 32.2. The number of hydrogen-bond acceptors (Lipinski definition) is 5. The second kappa shape index (κ2) is 13.8. The summed E-state index contributed by atoms with van der Waals surface area (Å²) in [6.07, 6.45) is 5.80. The number of benzene rings is 4. The molecule has 2 heterocycles. The third-order valence-electron chi connectivity index (χ3n) is 9.13. The van der Waals surface area contributed by atoms with Crippen LogP contribution in [0.25, 0.3) is 32.8 Å². The van der Waals surface area contributed by atoms with Gasteiger partial charge in [0.15, 0.2) is 5.82 Å². The maximum Gasteiger partial charge on any atom is 0.323 e. The average Bonchev–Trinajstić information content (AvgIpc) is 3.72. The molecule has 0 aliphatic carbocycles. The Hall–Kier alpha value is -4.63. The number of rotatable bonds is 11. The lowest BCUT2D eigenvalue weighted by molar-refractivity contribution is 0.116. The molecule has 6 rings (SSSR count). The number of aromatic nitrogens is 2. The van der Waals surface area contributed by atoms with Gasteiger partial charge in [-0.05, 0) is 104 Å². The summed E-state index contributed by atoms with van der Waals surface area (Å²) in [6, 6.07) is 19.8. The van der Waals surface area contributed by atoms with Crippen LogP contribution in [0.3, 0.4) is 0 Å². The van der Waals surface area contributed by atoms with E-state index >= 15 is 0 Å². The minimum Gasteiger partial charge on any atom is -0.488 e. The van der Waals surface area contributed by atoms with Crippen LogP contribution in [0.4, 0.5) is 26.4 Å². The Kier molecular flexibility index (Phi) is 9.40. The number of nitrogen functional groups attached to an aromatic ring is 1. The molecule has 0 saturated carbocycles. The van der Waals surface area contributed by atoms with E-state index in [9.17, 15) is 9.18 Å². The van der Waals surface area contributed by atoms with Gasteiger partial charge < -0.3 is 26.0 Å². The Morgan fingerprint density at radius 2 is 1.74 bits per heavy atom. The van der Waals surface area contributed by atoms with Gasteiger partial charge in [-0.1, -0.05) is 56.7 Å². The highest BCUT2D eigenvalue weighted by molar-refractivity contribution is 6.14. The summed E-state index contributed by atoms with van der Waals surface area (Å²) in [7, 11) is 0. The molecule has 1 fully saturated rings. The smallest absolute Gasteiger partial charge is 0.323 e. The number of likely N-dealkylation sites (tertiary alicyclic amines) is 1. The van der Waals surface area contributed by atoms with Crippen molar-refractivity contribution in [3.05, 3.63) is 78.1 Å². The molecule has 0 spiro atoms. The number of carbonyl (C=O) groups is 1. The normalized spacial score (nSPS) is 14.9. The van der Waals surface area contributed by atoms with E-state index < -0.39 is 11.8 Å². The summed E-state index contributed by atoms with van der Waals surface area (Å²) < 4.78 is 21.1. The molecule has 2 unspecified atom stereocenters. The minimum atomic E-state index is -0.526. The van der Waals surface area contributed by atoms with Crippen molar-refractivity contribution in [3.63, 3.8) is 0 Å². The number of H-pyrrole nitrogens is 1. The monoisotopic (exact) mass is 622 g/mol. The molecule has 1 saturated heterocycles. The number of hydrogen-bond donors (Lipinski definition) is 4. The maximum absolute atomic E-state index is 14.3. The molecule has 9 heteroatoms. The van der Waals surface area contributed by atoms with Gasteiger partial charge in [-0.3, -0.25) is 5.10 Å². The lowest BCUT2D eigenvalue weighted by atomic mass is 9.94. The van der Waals surface area contributed by atoms with Crippen molar-refractivity contribution < 1.29 is 13.9 Å². The summed E-state index contributed by atoms with van der Waals surface area (Å²) in [4.78, 5) is 15.5. The van der Waals surface area contributed by atoms with Gasteiger partial charge in [-0.25, -0.2) is 9.18 Å². The predicted molar refractivity (Wildman–Crippen MR) is 186 cm³/mol. The number of aromatic amines is 1. The van der Waals surface area contributed by atoms with E-state index in [0.717, 1.165) is 69.9 Å². The molecule has 8 nitrogen and oxygen atoms in total. The first kappa shape index (κ1) is 31.4. The Balaban J connectivity index is 1.31. The lowest BCUT2D eigenvalue weighted by Gasteiger charge is -2.27. The number of halogens is 1. The average molecular weight is 623 g/mol. The number of urea groups is 1. The zero-order valence-electron chi connectivity index (χ0n) is 26.8. The molecular weight excluding hydrogens is 579 g/mol. The van der Waals surface area contributed by atoms with Gasteiger partial charge in [-0.15, -0.1) is 0 Å². The van der Waals surface area contributed by atoms with Crippen molar-refractivity contribution in [1.82, 2.24) is 15.1 Å². The molecule has 1 aliphatic heterocycles. The minimum absolute atomic E-state index is 0.0738. The molecule has 1 aromatic heterocycles. The van der Waals surface area contributed by atoms with E-state index in [1.165, 1.54) is 32.0 Å². The van der Waals surface area contributed by atoms with Crippen LogP contribution in [0.2, 0.25) is 0 Å². The Morgan fingerprint density at radius 1 is 1.00 bits per heavy atom. The van der Waals surface area contributed by atoms with Crippen LogP contribution in [0.1, 0.15) is 51.5 Å². The zero-order valence-corrected chi connectivity index (χ0v) is 26.8. The molecule has 46 heavy (non-hydrogen) atoms. The summed E-state index contributed by atoms with van der Waals surface area (Å²) in [6.45, 7) is 9.72. The fourth-order valence-corrected chi connectivity index (χ4v) is 6.69. The van der Waals surface area contributed by atoms with E-state index in [1.807, 2.05) is 55.5 Å². The highest BCUT2D eigenvalue weighted by Crippen LogP contribution is 2.41. The van der Waals surface area contributed by atoms with Gasteiger partial charge in [0.25, 0.3) is 0 Å². The number of amides is 2. The Bertz CT molecular complexity index is 1850. The molecule has 0 radical (unpaired) electrons. The second-order valence-corrected chi connectivity index (χ2v) is 12.5. The largest absolute Gasteiger partial charge is 0.488 e. The lowest BCUT2D eigenvalue weighted by Crippen LogP contribution is -2.31. The molecule has 2 amide bonds. The van der Waals surface area contributed by atoms with Gasteiger partial charge in [0.05, 0.1) is 16.8 Å². The first-order chi connectivity index (χ1) is 22.3. The third kappa shape index (κ3) is 6.65. The number of aryl methyl sites for hydroxylation is 1. The number of nitrogens with zero attached hydrogens (tertiary/aromatic N) is 2. The molecule has 4 aromatic carbocycles. The summed E-state index contributed by atoms with van der Waals surface area (Å²) in [5.74, 6) is 1.07. The molecule has 5 aromatic rings. The quantitative estimate of drug-likeness (QED) is 0.118. The van der Waals surface area contributed by atoms with Crippen molar-refractivity contribution in [1.29, 1.82) is 0 Å². The van der Waals surface area contributed by atoms with Crippen molar-refractivity contribution in [3.8, 4) is 16.9 Å². The van der Waals surface area contributed by atoms with Crippen LogP contribution >= 0.6 is 0 Å². The topological polar surface area (TPSA) is 108 Å². The number of anilines is 3. The summed E-state index contributed by atoms with van der Waals surface area (Å²) in [5.41, 5.74) is 10.7. The molecule has 0 bridgehead atoms. The van der Waals surface area contributed by atoms with Crippen LogP contribution in [0.5, 0.6) is 5.75 Å².